The first-order valence-electron chi connectivity index (χ1n) is 7.23. The van der Waals surface area contributed by atoms with Crippen LogP contribution in [0.2, 0.25) is 5.02 Å². The van der Waals surface area contributed by atoms with Crippen molar-refractivity contribution in [3.8, 4) is 0 Å². The van der Waals surface area contributed by atoms with Crippen LogP contribution in [0.15, 0.2) is 42.5 Å². The van der Waals surface area contributed by atoms with Gasteiger partial charge in [0.25, 0.3) is 11.6 Å². The Morgan fingerprint density at radius 3 is 2.48 bits per heavy atom. The van der Waals surface area contributed by atoms with Gasteiger partial charge in [-0.1, -0.05) is 48.4 Å². The van der Waals surface area contributed by atoms with E-state index in [1.54, 1.807) is 0 Å². The second-order valence-corrected chi connectivity index (χ2v) is 5.68. The SMILES string of the molecule is CC[C@@H](NC(=O)c1ccc(Cl)c([N+](=O)[O-])c1)c1ccc(C)cc1. The van der Waals surface area contributed by atoms with Crippen molar-refractivity contribution in [2.24, 2.45) is 0 Å². The van der Waals surface area contributed by atoms with E-state index in [1.807, 2.05) is 38.1 Å². The molecule has 0 aliphatic carbocycles. The number of benzene rings is 2. The molecule has 0 aliphatic heterocycles. The summed E-state index contributed by atoms with van der Waals surface area (Å²) in [4.78, 5) is 22.7. The molecule has 1 N–H and O–H groups in total. The lowest BCUT2D eigenvalue weighted by Crippen LogP contribution is -2.28. The molecule has 5 nitrogen and oxygen atoms in total. The van der Waals surface area contributed by atoms with Crippen LogP contribution in [0, 0.1) is 17.0 Å². The van der Waals surface area contributed by atoms with Crippen molar-refractivity contribution in [1.29, 1.82) is 0 Å². The fourth-order valence-corrected chi connectivity index (χ4v) is 2.44. The van der Waals surface area contributed by atoms with Crippen LogP contribution in [-0.4, -0.2) is 10.8 Å². The molecule has 2 aromatic carbocycles. The van der Waals surface area contributed by atoms with Crippen molar-refractivity contribution in [2.75, 3.05) is 0 Å². The van der Waals surface area contributed by atoms with Gasteiger partial charge in [-0.3, -0.25) is 14.9 Å². The minimum Gasteiger partial charge on any atom is -0.345 e. The Morgan fingerprint density at radius 2 is 1.91 bits per heavy atom. The molecule has 0 saturated heterocycles. The van der Waals surface area contributed by atoms with E-state index in [2.05, 4.69) is 5.32 Å². The molecular weight excluding hydrogens is 316 g/mol. The second-order valence-electron chi connectivity index (χ2n) is 5.27. The molecule has 0 saturated carbocycles. The van der Waals surface area contributed by atoms with Crippen LogP contribution in [0.4, 0.5) is 5.69 Å². The van der Waals surface area contributed by atoms with Crippen LogP contribution in [0.5, 0.6) is 0 Å². The van der Waals surface area contributed by atoms with Crippen molar-refractivity contribution in [3.05, 3.63) is 74.3 Å². The largest absolute Gasteiger partial charge is 0.345 e. The maximum atomic E-state index is 12.4. The summed E-state index contributed by atoms with van der Waals surface area (Å²) in [7, 11) is 0. The van der Waals surface area contributed by atoms with E-state index in [9.17, 15) is 14.9 Å². The number of nitro groups is 1. The zero-order valence-corrected chi connectivity index (χ0v) is 13.6. The predicted octanol–water partition coefficient (Wildman–Crippen LogP) is 4.44. The summed E-state index contributed by atoms with van der Waals surface area (Å²) in [5.41, 5.74) is 2.08. The van der Waals surface area contributed by atoms with Gasteiger partial charge < -0.3 is 5.32 Å². The Morgan fingerprint density at radius 1 is 1.26 bits per heavy atom. The molecule has 0 spiro atoms. The van der Waals surface area contributed by atoms with Gasteiger partial charge in [-0.15, -0.1) is 0 Å². The van der Waals surface area contributed by atoms with Crippen LogP contribution in [0.1, 0.15) is 40.9 Å². The molecule has 2 rings (SSSR count). The second kappa shape index (κ2) is 7.24. The first-order chi connectivity index (χ1) is 10.9. The zero-order valence-electron chi connectivity index (χ0n) is 12.9. The van der Waals surface area contributed by atoms with Gasteiger partial charge in [0.1, 0.15) is 5.02 Å². The Labute approximate surface area is 139 Å². The van der Waals surface area contributed by atoms with Crippen molar-refractivity contribution < 1.29 is 9.72 Å². The maximum Gasteiger partial charge on any atom is 0.288 e. The minimum atomic E-state index is -0.601. The molecule has 0 aromatic heterocycles. The summed E-state index contributed by atoms with van der Waals surface area (Å²) in [5.74, 6) is -0.364. The highest BCUT2D eigenvalue weighted by molar-refractivity contribution is 6.32. The Kier molecular flexibility index (Phi) is 5.34. The number of carbonyl (C=O) groups is 1. The molecule has 0 unspecified atom stereocenters. The standard InChI is InChI=1S/C17H17ClN2O3/c1-3-15(12-6-4-11(2)5-7-12)19-17(21)13-8-9-14(18)16(10-13)20(22)23/h4-10,15H,3H2,1-2H3,(H,19,21)/t15-/m1/s1. The summed E-state index contributed by atoms with van der Waals surface area (Å²) in [6, 6.07) is 11.8. The number of hydrogen-bond donors (Lipinski definition) is 1. The molecule has 120 valence electrons. The Balaban J connectivity index is 2.21. The number of nitrogens with one attached hydrogen (secondary N) is 1. The van der Waals surface area contributed by atoms with Gasteiger partial charge in [-0.05, 0) is 31.0 Å². The fourth-order valence-electron chi connectivity index (χ4n) is 2.26. The third-order valence-corrected chi connectivity index (χ3v) is 3.92. The van der Waals surface area contributed by atoms with Crippen molar-refractivity contribution >= 4 is 23.2 Å². The summed E-state index contributed by atoms with van der Waals surface area (Å²) < 4.78 is 0. The number of nitro benzene ring substituents is 1. The average molecular weight is 333 g/mol. The van der Waals surface area contributed by atoms with E-state index in [0.717, 1.165) is 11.1 Å². The molecule has 0 aliphatic rings. The summed E-state index contributed by atoms with van der Waals surface area (Å²) in [5, 5.41) is 13.8. The molecule has 6 heteroatoms. The van der Waals surface area contributed by atoms with Crippen LogP contribution in [-0.2, 0) is 0 Å². The predicted molar refractivity (Wildman–Crippen MR) is 89.8 cm³/mol. The first kappa shape index (κ1) is 17.0. The third-order valence-electron chi connectivity index (χ3n) is 3.60. The lowest BCUT2D eigenvalue weighted by molar-refractivity contribution is -0.384. The van der Waals surface area contributed by atoms with Crippen LogP contribution in [0.3, 0.4) is 0 Å². The first-order valence-corrected chi connectivity index (χ1v) is 7.61. The van der Waals surface area contributed by atoms with Gasteiger partial charge in [0, 0.05) is 11.6 Å². The monoisotopic (exact) mass is 332 g/mol. The van der Waals surface area contributed by atoms with E-state index in [-0.39, 0.29) is 28.2 Å². The van der Waals surface area contributed by atoms with E-state index < -0.39 is 4.92 Å². The number of nitrogens with zero attached hydrogens (tertiary/aromatic N) is 1. The van der Waals surface area contributed by atoms with Gasteiger partial charge in [0.15, 0.2) is 0 Å². The summed E-state index contributed by atoms with van der Waals surface area (Å²) in [6.45, 7) is 3.96. The highest BCUT2D eigenvalue weighted by Gasteiger charge is 2.18. The van der Waals surface area contributed by atoms with Crippen LogP contribution in [0.25, 0.3) is 0 Å². The van der Waals surface area contributed by atoms with Gasteiger partial charge in [0.2, 0.25) is 0 Å². The number of halogens is 1. The Bertz CT molecular complexity index is 729. The van der Waals surface area contributed by atoms with Crippen LogP contribution >= 0.6 is 11.6 Å². The number of hydrogen-bond acceptors (Lipinski definition) is 3. The zero-order chi connectivity index (χ0) is 17.0. The maximum absolute atomic E-state index is 12.4. The van der Waals surface area contributed by atoms with E-state index in [0.29, 0.717) is 6.42 Å². The lowest BCUT2D eigenvalue weighted by Gasteiger charge is -2.17. The molecule has 1 atom stereocenters. The van der Waals surface area contributed by atoms with Gasteiger partial charge in [0.05, 0.1) is 11.0 Å². The van der Waals surface area contributed by atoms with E-state index >= 15 is 0 Å². The molecule has 23 heavy (non-hydrogen) atoms. The molecule has 0 heterocycles. The number of aryl methyl sites for hydroxylation is 1. The quantitative estimate of drug-likeness (QED) is 0.650. The van der Waals surface area contributed by atoms with Crippen LogP contribution < -0.4 is 5.32 Å². The summed E-state index contributed by atoms with van der Waals surface area (Å²) in [6.07, 6.45) is 0.713. The molecule has 0 fully saturated rings. The summed E-state index contributed by atoms with van der Waals surface area (Å²) >= 11 is 5.77. The number of rotatable bonds is 5. The van der Waals surface area contributed by atoms with E-state index in [1.165, 1.54) is 18.2 Å². The average Bonchev–Trinajstić information content (AvgIpc) is 2.53. The van der Waals surface area contributed by atoms with Gasteiger partial charge in [-0.25, -0.2) is 0 Å². The molecule has 0 radical (unpaired) electrons. The smallest absolute Gasteiger partial charge is 0.288 e. The van der Waals surface area contributed by atoms with Gasteiger partial charge >= 0.3 is 0 Å². The molecule has 0 bridgehead atoms. The normalized spacial score (nSPS) is 11.8. The topological polar surface area (TPSA) is 72.2 Å². The highest BCUT2D eigenvalue weighted by atomic mass is 35.5. The molecule has 2 aromatic rings. The highest BCUT2D eigenvalue weighted by Crippen LogP contribution is 2.25. The number of amides is 1. The van der Waals surface area contributed by atoms with Crippen molar-refractivity contribution in [2.45, 2.75) is 26.3 Å². The Hall–Kier alpha value is -2.40. The fraction of sp³-hybridized carbons (Fsp3) is 0.235. The minimum absolute atomic E-state index is 0.0112. The number of carbonyl (C=O) groups excluding carboxylic acids is 1. The molecule has 1 amide bonds. The van der Waals surface area contributed by atoms with Crippen molar-refractivity contribution in [1.82, 2.24) is 5.32 Å². The third kappa shape index (κ3) is 4.07. The van der Waals surface area contributed by atoms with Crippen molar-refractivity contribution in [3.63, 3.8) is 0 Å². The lowest BCUT2D eigenvalue weighted by atomic mass is 10.0. The van der Waals surface area contributed by atoms with E-state index in [4.69, 9.17) is 11.6 Å². The van der Waals surface area contributed by atoms with Gasteiger partial charge in [-0.2, -0.15) is 0 Å². The molecular formula is C17H17ClN2O3.